The van der Waals surface area contributed by atoms with Gasteiger partial charge in [0.25, 0.3) is 0 Å². The van der Waals surface area contributed by atoms with Crippen molar-refractivity contribution in [2.45, 2.75) is 65.2 Å². The van der Waals surface area contributed by atoms with E-state index < -0.39 is 20.0 Å². The molecule has 4 aromatic rings. The quantitative estimate of drug-likeness (QED) is 0.173. The van der Waals surface area contributed by atoms with E-state index in [0.29, 0.717) is 42.5 Å². The Kier molecular flexibility index (Phi) is 8.36. The van der Waals surface area contributed by atoms with Crippen molar-refractivity contribution < 1.29 is 17.9 Å². The summed E-state index contributed by atoms with van der Waals surface area (Å²) in [6, 6.07) is 9.82. The van der Waals surface area contributed by atoms with Crippen LogP contribution in [0.4, 0.5) is 14.6 Å². The fraction of sp³-hybridized carbons (Fsp3) is 0.414. The fourth-order valence-corrected chi connectivity index (χ4v) is 5.16. The van der Waals surface area contributed by atoms with Crippen LogP contribution in [0.3, 0.4) is 0 Å². The summed E-state index contributed by atoms with van der Waals surface area (Å²) < 4.78 is 42.6. The lowest BCUT2D eigenvalue weighted by atomic mass is 10.1. The van der Waals surface area contributed by atoms with Gasteiger partial charge in [0.2, 0.25) is 0 Å². The summed E-state index contributed by atoms with van der Waals surface area (Å²) in [7, 11) is -1.80. The second kappa shape index (κ2) is 11.4. The van der Waals surface area contributed by atoms with Crippen molar-refractivity contribution in [1.82, 2.24) is 19.7 Å². The van der Waals surface area contributed by atoms with Crippen molar-refractivity contribution >= 4 is 25.0 Å². The molecule has 0 aliphatic rings. The molecule has 2 aromatic heterocycles. The Morgan fingerprint density at radius 3 is 2.41 bits per heavy atom. The first-order chi connectivity index (χ1) is 18.4. The maximum atomic E-state index is 14.8. The van der Waals surface area contributed by atoms with Gasteiger partial charge in [-0.1, -0.05) is 39.0 Å². The second-order valence-electron chi connectivity index (χ2n) is 11.1. The molecule has 2 heterocycles. The molecule has 10 heteroatoms. The maximum Gasteiger partial charge on any atom is 0.191 e. The highest BCUT2D eigenvalue weighted by atomic mass is 28.4. The molecule has 0 aliphatic carbocycles. The average Bonchev–Trinajstić information content (AvgIpc) is 3.23. The van der Waals surface area contributed by atoms with Crippen LogP contribution in [0.1, 0.15) is 45.2 Å². The molecule has 2 aromatic carbocycles. The van der Waals surface area contributed by atoms with Gasteiger partial charge in [0.05, 0.1) is 18.7 Å². The number of aromatic nitrogens is 4. The van der Waals surface area contributed by atoms with Gasteiger partial charge in [0.15, 0.2) is 14.1 Å². The summed E-state index contributed by atoms with van der Waals surface area (Å²) in [4.78, 5) is 9.09. The summed E-state index contributed by atoms with van der Waals surface area (Å²) in [5.41, 5.74) is 8.26. The van der Waals surface area contributed by atoms with Crippen molar-refractivity contribution in [2.75, 3.05) is 18.9 Å². The molecule has 0 atom stereocenters. The number of fused-ring (bicyclic) bond motifs is 1. The number of nitrogens with two attached hydrogens (primary N) is 1. The van der Waals surface area contributed by atoms with Gasteiger partial charge in [-0.3, -0.25) is 4.68 Å². The molecule has 0 saturated carbocycles. The van der Waals surface area contributed by atoms with Crippen LogP contribution in [0.25, 0.3) is 22.4 Å². The summed E-state index contributed by atoms with van der Waals surface area (Å²) >= 11 is 0. The van der Waals surface area contributed by atoms with E-state index in [1.807, 2.05) is 24.3 Å². The molecule has 0 saturated heterocycles. The molecule has 0 bridgehead atoms. The molecule has 4 rings (SSSR count). The summed E-state index contributed by atoms with van der Waals surface area (Å²) in [6.07, 6.45) is 3.24. The van der Waals surface area contributed by atoms with Gasteiger partial charge in [-0.05, 0) is 44.0 Å². The third-order valence-electron chi connectivity index (χ3n) is 7.36. The SMILES string of the molecule is CCOc1cc(F)c(Cn2nc(-c3ncc(CCCO[Si](C)(C)C(C)(C)C)c(N)n3)c3ccccc32)c(F)c1. The summed E-state index contributed by atoms with van der Waals surface area (Å²) in [5.74, 6) is -0.493. The van der Waals surface area contributed by atoms with Crippen LogP contribution in [0.15, 0.2) is 42.6 Å². The van der Waals surface area contributed by atoms with E-state index in [-0.39, 0.29) is 22.9 Å². The number of hydrogen-bond donors (Lipinski definition) is 1. The van der Waals surface area contributed by atoms with Gasteiger partial charge >= 0.3 is 0 Å². The van der Waals surface area contributed by atoms with E-state index >= 15 is 0 Å². The number of nitrogen functional groups attached to an aromatic ring is 1. The molecule has 2 N–H and O–H groups in total. The van der Waals surface area contributed by atoms with E-state index in [4.69, 9.17) is 14.9 Å². The summed E-state index contributed by atoms with van der Waals surface area (Å²) in [6.45, 7) is 13.8. The van der Waals surface area contributed by atoms with Crippen LogP contribution in [0, 0.1) is 11.6 Å². The number of rotatable bonds is 10. The molecule has 7 nitrogen and oxygen atoms in total. The first-order valence-electron chi connectivity index (χ1n) is 13.2. The van der Waals surface area contributed by atoms with Gasteiger partial charge in [-0.25, -0.2) is 18.7 Å². The zero-order valence-electron chi connectivity index (χ0n) is 23.5. The van der Waals surface area contributed by atoms with Gasteiger partial charge in [-0.2, -0.15) is 5.10 Å². The zero-order chi connectivity index (χ0) is 28.4. The Bertz CT molecular complexity index is 1440. The molecular weight excluding hydrogens is 516 g/mol. The largest absolute Gasteiger partial charge is 0.494 e. The van der Waals surface area contributed by atoms with Gasteiger partial charge in [0, 0.05) is 41.4 Å². The monoisotopic (exact) mass is 553 g/mol. The number of nitrogens with zero attached hydrogens (tertiary/aromatic N) is 4. The Balaban J connectivity index is 1.56. The molecule has 0 radical (unpaired) electrons. The molecular formula is C29H37F2N5O2Si. The smallest absolute Gasteiger partial charge is 0.191 e. The molecule has 0 aliphatic heterocycles. The number of para-hydroxylation sites is 1. The molecule has 208 valence electrons. The summed E-state index contributed by atoms with van der Waals surface area (Å²) in [5, 5.41) is 5.57. The minimum absolute atomic E-state index is 0.103. The Morgan fingerprint density at radius 2 is 1.77 bits per heavy atom. The van der Waals surface area contributed by atoms with Crippen molar-refractivity contribution in [3.63, 3.8) is 0 Å². The minimum Gasteiger partial charge on any atom is -0.494 e. The standard InChI is InChI=1S/C29H37F2N5O2Si/c1-7-37-20-15-23(30)22(24(31)16-20)18-36-25-13-9-8-12-21(25)26(35-36)28-33-17-19(27(32)34-28)11-10-14-38-39(5,6)29(2,3)4/h8-9,12-13,15-17H,7,10-11,14,18H2,1-6H3,(H2,32,33,34). The van der Waals surface area contributed by atoms with Crippen molar-refractivity contribution in [2.24, 2.45) is 0 Å². The maximum absolute atomic E-state index is 14.8. The minimum atomic E-state index is -1.80. The number of aryl methyl sites for hydroxylation is 1. The van der Waals surface area contributed by atoms with Crippen molar-refractivity contribution in [3.05, 3.63) is 65.4 Å². The van der Waals surface area contributed by atoms with Crippen LogP contribution in [-0.2, 0) is 17.4 Å². The lowest BCUT2D eigenvalue weighted by Gasteiger charge is -2.36. The predicted octanol–water partition coefficient (Wildman–Crippen LogP) is 6.76. The first kappa shape index (κ1) is 28.6. The second-order valence-corrected chi connectivity index (χ2v) is 15.9. The highest BCUT2D eigenvalue weighted by Crippen LogP contribution is 2.36. The number of hydrogen-bond acceptors (Lipinski definition) is 6. The molecule has 0 unspecified atom stereocenters. The van der Waals surface area contributed by atoms with Crippen LogP contribution in [0.5, 0.6) is 5.75 Å². The number of halogens is 2. The van der Waals surface area contributed by atoms with E-state index in [1.165, 1.54) is 12.1 Å². The van der Waals surface area contributed by atoms with Crippen LogP contribution < -0.4 is 10.5 Å². The normalized spacial score (nSPS) is 12.3. The van der Waals surface area contributed by atoms with Crippen LogP contribution in [-0.4, -0.2) is 41.3 Å². The topological polar surface area (TPSA) is 88.1 Å². The van der Waals surface area contributed by atoms with Crippen molar-refractivity contribution in [1.29, 1.82) is 0 Å². The number of benzene rings is 2. The lowest BCUT2D eigenvalue weighted by molar-refractivity contribution is 0.282. The zero-order valence-corrected chi connectivity index (χ0v) is 24.5. The molecule has 0 spiro atoms. The molecule has 0 amide bonds. The van der Waals surface area contributed by atoms with E-state index in [1.54, 1.807) is 17.8 Å². The predicted molar refractivity (Wildman–Crippen MR) is 153 cm³/mol. The lowest BCUT2D eigenvalue weighted by Crippen LogP contribution is -2.41. The van der Waals surface area contributed by atoms with E-state index in [0.717, 1.165) is 17.4 Å². The van der Waals surface area contributed by atoms with Gasteiger partial charge < -0.3 is 14.9 Å². The highest BCUT2D eigenvalue weighted by Gasteiger charge is 2.36. The van der Waals surface area contributed by atoms with Crippen molar-refractivity contribution in [3.8, 4) is 17.3 Å². The Morgan fingerprint density at radius 1 is 1.08 bits per heavy atom. The third kappa shape index (κ3) is 6.28. The van der Waals surface area contributed by atoms with Crippen LogP contribution in [0.2, 0.25) is 18.1 Å². The van der Waals surface area contributed by atoms with Gasteiger partial charge in [0.1, 0.15) is 28.9 Å². The molecule has 39 heavy (non-hydrogen) atoms. The first-order valence-corrected chi connectivity index (χ1v) is 16.1. The van der Waals surface area contributed by atoms with Gasteiger partial charge in [-0.15, -0.1) is 0 Å². The van der Waals surface area contributed by atoms with E-state index in [2.05, 4.69) is 48.9 Å². The molecule has 0 fully saturated rings. The van der Waals surface area contributed by atoms with Crippen LogP contribution >= 0.6 is 0 Å². The van der Waals surface area contributed by atoms with E-state index in [9.17, 15) is 8.78 Å². The number of anilines is 1. The highest BCUT2D eigenvalue weighted by molar-refractivity contribution is 6.74. The number of ether oxygens (including phenoxy) is 1. The Labute approximate surface area is 229 Å². The fourth-order valence-electron chi connectivity index (χ4n) is 4.08. The average molecular weight is 554 g/mol. The third-order valence-corrected chi connectivity index (χ3v) is 11.9. The Hall–Kier alpha value is -3.37.